The molecule has 0 aromatic heterocycles. The van der Waals surface area contributed by atoms with Crippen LogP contribution in [0.5, 0.6) is 5.75 Å². The van der Waals surface area contributed by atoms with Gasteiger partial charge in [0.1, 0.15) is 11.8 Å². The van der Waals surface area contributed by atoms with E-state index in [1.165, 1.54) is 0 Å². The van der Waals surface area contributed by atoms with Gasteiger partial charge in [0.05, 0.1) is 5.02 Å². The van der Waals surface area contributed by atoms with Gasteiger partial charge < -0.3 is 15.0 Å². The van der Waals surface area contributed by atoms with Gasteiger partial charge in [0, 0.05) is 24.5 Å². The lowest BCUT2D eigenvalue weighted by molar-refractivity contribution is -0.142. The second kappa shape index (κ2) is 13.2. The van der Waals surface area contributed by atoms with E-state index in [0.29, 0.717) is 28.8 Å². The Balaban J connectivity index is 1.89. The van der Waals surface area contributed by atoms with Gasteiger partial charge in [-0.3, -0.25) is 9.59 Å². The maximum Gasteiger partial charge on any atom is 0.261 e. The minimum atomic E-state index is -0.706. The van der Waals surface area contributed by atoms with Crippen LogP contribution in [-0.4, -0.2) is 35.9 Å². The molecule has 0 heterocycles. The maximum absolute atomic E-state index is 13.5. The van der Waals surface area contributed by atoms with Crippen molar-refractivity contribution in [1.29, 1.82) is 0 Å². The third-order valence-electron chi connectivity index (χ3n) is 5.54. The summed E-state index contributed by atoms with van der Waals surface area (Å²) < 4.78 is 5.74. The minimum absolute atomic E-state index is 0.194. The second-order valence-corrected chi connectivity index (χ2v) is 9.21. The Morgan fingerprint density at radius 3 is 2.34 bits per heavy atom. The highest BCUT2D eigenvalue weighted by Gasteiger charge is 2.30. The zero-order chi connectivity index (χ0) is 25.2. The van der Waals surface area contributed by atoms with Crippen LogP contribution in [0.2, 0.25) is 10.0 Å². The fourth-order valence-corrected chi connectivity index (χ4v) is 4.09. The summed E-state index contributed by atoms with van der Waals surface area (Å²) in [6.45, 7) is 4.54. The van der Waals surface area contributed by atoms with E-state index in [1.807, 2.05) is 68.4 Å². The highest BCUT2D eigenvalue weighted by atomic mass is 35.5. The SMILES string of the molecule is CCCNC(=O)C(Cc1ccccc1)N(Cc1ccc(C)cc1)C(=O)COc1ccc(Cl)cc1Cl. The van der Waals surface area contributed by atoms with Crippen molar-refractivity contribution in [1.82, 2.24) is 10.2 Å². The normalized spacial score (nSPS) is 11.5. The van der Waals surface area contributed by atoms with Gasteiger partial charge in [0.25, 0.3) is 5.91 Å². The number of ether oxygens (including phenoxy) is 1. The maximum atomic E-state index is 13.5. The Bertz CT molecular complexity index is 1120. The first-order chi connectivity index (χ1) is 16.9. The van der Waals surface area contributed by atoms with Gasteiger partial charge in [-0.1, -0.05) is 90.3 Å². The van der Waals surface area contributed by atoms with Crippen LogP contribution in [0.25, 0.3) is 0 Å². The topological polar surface area (TPSA) is 58.6 Å². The molecular formula is C28H30Cl2N2O3. The van der Waals surface area contributed by atoms with Crippen molar-refractivity contribution in [3.8, 4) is 5.75 Å². The highest BCUT2D eigenvalue weighted by molar-refractivity contribution is 6.35. The number of hydrogen-bond donors (Lipinski definition) is 1. The van der Waals surface area contributed by atoms with E-state index in [0.717, 1.165) is 23.1 Å². The first-order valence-corrected chi connectivity index (χ1v) is 12.4. The molecule has 0 aliphatic carbocycles. The van der Waals surface area contributed by atoms with Gasteiger partial charge in [0.15, 0.2) is 6.61 Å². The van der Waals surface area contributed by atoms with Crippen LogP contribution in [0.4, 0.5) is 0 Å². The average molecular weight is 513 g/mol. The van der Waals surface area contributed by atoms with Crippen LogP contribution in [0.1, 0.15) is 30.0 Å². The van der Waals surface area contributed by atoms with Crippen molar-refractivity contribution in [3.63, 3.8) is 0 Å². The molecule has 0 saturated carbocycles. The van der Waals surface area contributed by atoms with Crippen LogP contribution in [0, 0.1) is 6.92 Å². The van der Waals surface area contributed by atoms with Gasteiger partial charge in [-0.05, 0) is 42.7 Å². The summed E-state index contributed by atoms with van der Waals surface area (Å²) >= 11 is 12.2. The molecule has 1 atom stereocenters. The fraction of sp³-hybridized carbons (Fsp3) is 0.286. The largest absolute Gasteiger partial charge is 0.482 e. The lowest BCUT2D eigenvalue weighted by Gasteiger charge is -2.31. The Labute approximate surface area is 217 Å². The number of carbonyl (C=O) groups excluding carboxylic acids is 2. The molecule has 2 amide bonds. The summed E-state index contributed by atoms with van der Waals surface area (Å²) in [4.78, 5) is 28.4. The summed E-state index contributed by atoms with van der Waals surface area (Å²) in [5.74, 6) is -0.153. The summed E-state index contributed by atoms with van der Waals surface area (Å²) in [5, 5.41) is 3.76. The van der Waals surface area contributed by atoms with Crippen molar-refractivity contribution in [2.24, 2.45) is 0 Å². The van der Waals surface area contributed by atoms with Crippen molar-refractivity contribution in [2.75, 3.05) is 13.2 Å². The number of rotatable bonds is 11. The molecule has 35 heavy (non-hydrogen) atoms. The monoisotopic (exact) mass is 512 g/mol. The lowest BCUT2D eigenvalue weighted by Crippen LogP contribution is -2.51. The van der Waals surface area contributed by atoms with E-state index in [1.54, 1.807) is 23.1 Å². The highest BCUT2D eigenvalue weighted by Crippen LogP contribution is 2.27. The molecule has 0 aliphatic heterocycles. The number of nitrogens with zero attached hydrogens (tertiary/aromatic N) is 1. The Morgan fingerprint density at radius 2 is 1.69 bits per heavy atom. The minimum Gasteiger partial charge on any atom is -0.482 e. The van der Waals surface area contributed by atoms with Crippen molar-refractivity contribution >= 4 is 35.0 Å². The van der Waals surface area contributed by atoms with Crippen molar-refractivity contribution < 1.29 is 14.3 Å². The molecule has 0 radical (unpaired) electrons. The molecule has 184 valence electrons. The van der Waals surface area contributed by atoms with Crippen LogP contribution in [-0.2, 0) is 22.6 Å². The van der Waals surface area contributed by atoms with E-state index < -0.39 is 6.04 Å². The standard InChI is InChI=1S/C28H30Cl2N2O3/c1-3-15-31-28(34)25(16-21-7-5-4-6-8-21)32(18-22-11-9-20(2)10-12-22)27(33)19-35-26-14-13-23(29)17-24(26)30/h4-14,17,25H,3,15-16,18-19H2,1-2H3,(H,31,34). The van der Waals surface area contributed by atoms with E-state index >= 15 is 0 Å². The predicted molar refractivity (Wildman–Crippen MR) is 141 cm³/mol. The van der Waals surface area contributed by atoms with Crippen LogP contribution >= 0.6 is 23.2 Å². The molecule has 1 N–H and O–H groups in total. The first-order valence-electron chi connectivity index (χ1n) is 11.6. The number of amides is 2. The zero-order valence-electron chi connectivity index (χ0n) is 20.0. The molecule has 3 rings (SSSR count). The van der Waals surface area contributed by atoms with E-state index in [4.69, 9.17) is 27.9 Å². The van der Waals surface area contributed by atoms with E-state index in [2.05, 4.69) is 5.32 Å². The molecule has 1 unspecified atom stereocenters. The first kappa shape index (κ1) is 26.6. The van der Waals surface area contributed by atoms with E-state index in [-0.39, 0.29) is 25.0 Å². The van der Waals surface area contributed by atoms with Crippen molar-refractivity contribution in [3.05, 3.63) is 99.5 Å². The molecule has 0 saturated heterocycles. The molecule has 0 bridgehead atoms. The summed E-state index contributed by atoms with van der Waals surface area (Å²) in [6.07, 6.45) is 1.18. The quantitative estimate of drug-likeness (QED) is 0.350. The van der Waals surface area contributed by atoms with E-state index in [9.17, 15) is 9.59 Å². The summed E-state index contributed by atoms with van der Waals surface area (Å²) in [7, 11) is 0. The fourth-order valence-electron chi connectivity index (χ4n) is 3.62. The van der Waals surface area contributed by atoms with Crippen LogP contribution in [0.15, 0.2) is 72.8 Å². The Kier molecular flexibility index (Phi) is 10.0. The average Bonchev–Trinajstić information content (AvgIpc) is 2.85. The zero-order valence-corrected chi connectivity index (χ0v) is 21.5. The number of nitrogens with one attached hydrogen (secondary N) is 1. The van der Waals surface area contributed by atoms with Crippen LogP contribution < -0.4 is 10.1 Å². The molecule has 3 aromatic carbocycles. The number of hydrogen-bond acceptors (Lipinski definition) is 3. The number of benzene rings is 3. The summed E-state index contributed by atoms with van der Waals surface area (Å²) in [6, 6.07) is 21.7. The molecule has 0 aliphatic rings. The van der Waals surface area contributed by atoms with Gasteiger partial charge in [0.2, 0.25) is 5.91 Å². The third-order valence-corrected chi connectivity index (χ3v) is 6.07. The molecule has 5 nitrogen and oxygen atoms in total. The smallest absolute Gasteiger partial charge is 0.261 e. The number of halogens is 2. The second-order valence-electron chi connectivity index (χ2n) is 8.37. The molecule has 0 fully saturated rings. The predicted octanol–water partition coefficient (Wildman–Crippen LogP) is 5.85. The van der Waals surface area contributed by atoms with Gasteiger partial charge in [-0.15, -0.1) is 0 Å². The van der Waals surface area contributed by atoms with Gasteiger partial charge in [-0.2, -0.15) is 0 Å². The molecular weight excluding hydrogens is 483 g/mol. The van der Waals surface area contributed by atoms with Gasteiger partial charge >= 0.3 is 0 Å². The molecule has 7 heteroatoms. The van der Waals surface area contributed by atoms with Gasteiger partial charge in [-0.25, -0.2) is 0 Å². The molecule has 3 aromatic rings. The van der Waals surface area contributed by atoms with Crippen LogP contribution in [0.3, 0.4) is 0 Å². The molecule has 0 spiro atoms. The third kappa shape index (κ3) is 8.01. The Morgan fingerprint density at radius 1 is 0.971 bits per heavy atom. The number of carbonyl (C=O) groups is 2. The number of aryl methyl sites for hydroxylation is 1. The lowest BCUT2D eigenvalue weighted by atomic mass is 10.0. The van der Waals surface area contributed by atoms with Crippen molar-refractivity contribution in [2.45, 2.75) is 39.3 Å². The Hall–Kier alpha value is -3.02. The summed E-state index contributed by atoms with van der Waals surface area (Å²) in [5.41, 5.74) is 3.01.